The lowest BCUT2D eigenvalue weighted by Crippen LogP contribution is -1.99. The molecule has 3 aromatic heterocycles. The van der Waals surface area contributed by atoms with Gasteiger partial charge in [0.25, 0.3) is 5.56 Å². The molecule has 3 heterocycles. The number of fused-ring (bicyclic) bond motifs is 2. The van der Waals surface area contributed by atoms with E-state index in [2.05, 4.69) is 30.7 Å². The minimum Gasteiger partial charge on any atom is -0.473 e. The molecule has 0 aliphatic carbocycles. The Balaban J connectivity index is 1.33. The van der Waals surface area contributed by atoms with E-state index in [0.717, 1.165) is 33.5 Å². The number of nitrogens with zero attached hydrogens (tertiary/aromatic N) is 2. The summed E-state index contributed by atoms with van der Waals surface area (Å²) in [5.41, 5.74) is 3.34. The van der Waals surface area contributed by atoms with E-state index in [-0.39, 0.29) is 5.56 Å². The smallest absolute Gasteiger partial charge is 0.271 e. The second kappa shape index (κ2) is 6.58. The maximum Gasteiger partial charge on any atom is 0.271 e. The number of benzene rings is 2. The van der Waals surface area contributed by atoms with Gasteiger partial charge in [0.2, 0.25) is 5.88 Å². The van der Waals surface area contributed by atoms with Crippen LogP contribution in [0.2, 0.25) is 0 Å². The zero-order valence-corrected chi connectivity index (χ0v) is 14.7. The van der Waals surface area contributed by atoms with Gasteiger partial charge in [-0.15, -0.1) is 0 Å². The van der Waals surface area contributed by atoms with Crippen molar-refractivity contribution in [1.82, 2.24) is 25.4 Å². The van der Waals surface area contributed by atoms with E-state index < -0.39 is 0 Å². The molecule has 0 aliphatic heterocycles. The molecule has 5 rings (SSSR count). The van der Waals surface area contributed by atoms with Gasteiger partial charge in [-0.05, 0) is 35.9 Å². The van der Waals surface area contributed by atoms with Crippen molar-refractivity contribution in [3.8, 4) is 5.88 Å². The lowest BCUT2D eigenvalue weighted by molar-refractivity contribution is 0.294. The number of aromatic amines is 3. The summed E-state index contributed by atoms with van der Waals surface area (Å²) in [5.74, 6) is 1.24. The second-order valence-electron chi connectivity index (χ2n) is 6.37. The highest BCUT2D eigenvalue weighted by Crippen LogP contribution is 2.25. The number of hydrogen-bond acceptors (Lipinski definition) is 5. The summed E-state index contributed by atoms with van der Waals surface area (Å²) in [5, 5.41) is 17.6. The van der Waals surface area contributed by atoms with Crippen molar-refractivity contribution in [3.63, 3.8) is 0 Å². The van der Waals surface area contributed by atoms with E-state index in [9.17, 15) is 4.79 Å². The lowest BCUT2D eigenvalue weighted by Gasteiger charge is -2.08. The number of ether oxygens (including phenoxy) is 1. The fourth-order valence-corrected chi connectivity index (χ4v) is 3.09. The summed E-state index contributed by atoms with van der Waals surface area (Å²) < 4.78 is 5.81. The summed E-state index contributed by atoms with van der Waals surface area (Å²) in [7, 11) is 0. The molecule has 0 amide bonds. The highest BCUT2D eigenvalue weighted by atomic mass is 16.5. The molecule has 0 spiro atoms. The molecule has 0 aliphatic rings. The minimum atomic E-state index is -0.131. The standard InChI is InChI=1S/C20H16N6O2/c27-20-15-6-5-12(9-17(15)24-26-20)11-28-18-10-13(7-8-21-18)22-19-14-3-1-2-4-16(14)23-25-19/h1-10H,11H2,(H2,24,26,27)(H2,21,22,23,25). The third-order valence-corrected chi connectivity index (χ3v) is 4.49. The van der Waals surface area contributed by atoms with E-state index in [4.69, 9.17) is 4.74 Å². The fraction of sp³-hybridized carbons (Fsp3) is 0.0500. The number of pyridine rings is 1. The number of aromatic nitrogens is 5. The zero-order chi connectivity index (χ0) is 18.9. The molecule has 0 fully saturated rings. The van der Waals surface area contributed by atoms with Crippen LogP contribution in [0.4, 0.5) is 11.5 Å². The van der Waals surface area contributed by atoms with Crippen LogP contribution >= 0.6 is 0 Å². The third kappa shape index (κ3) is 2.96. The Labute approximate surface area is 158 Å². The van der Waals surface area contributed by atoms with Gasteiger partial charge in [-0.1, -0.05) is 18.2 Å². The molecule has 28 heavy (non-hydrogen) atoms. The van der Waals surface area contributed by atoms with Crippen LogP contribution in [0.5, 0.6) is 5.88 Å². The molecule has 0 bridgehead atoms. The molecular formula is C20H16N6O2. The van der Waals surface area contributed by atoms with Crippen molar-refractivity contribution in [2.24, 2.45) is 0 Å². The predicted molar refractivity (Wildman–Crippen MR) is 107 cm³/mol. The third-order valence-electron chi connectivity index (χ3n) is 4.49. The van der Waals surface area contributed by atoms with Crippen LogP contribution in [0, 0.1) is 0 Å². The average molecular weight is 372 g/mol. The molecule has 0 saturated carbocycles. The first kappa shape index (κ1) is 16.1. The Morgan fingerprint density at radius 3 is 2.86 bits per heavy atom. The number of anilines is 2. The minimum absolute atomic E-state index is 0.131. The van der Waals surface area contributed by atoms with Gasteiger partial charge in [0.15, 0.2) is 5.82 Å². The Morgan fingerprint density at radius 2 is 1.89 bits per heavy atom. The molecule has 8 heteroatoms. The van der Waals surface area contributed by atoms with Gasteiger partial charge in [0.1, 0.15) is 6.61 Å². The van der Waals surface area contributed by atoms with Gasteiger partial charge in [-0.25, -0.2) is 4.98 Å². The number of H-pyrrole nitrogens is 3. The van der Waals surface area contributed by atoms with Crippen LogP contribution in [0.1, 0.15) is 5.56 Å². The van der Waals surface area contributed by atoms with Crippen LogP contribution in [0.15, 0.2) is 65.6 Å². The molecule has 0 saturated heterocycles. The van der Waals surface area contributed by atoms with Crippen LogP contribution in [-0.4, -0.2) is 25.4 Å². The van der Waals surface area contributed by atoms with Gasteiger partial charge in [0.05, 0.1) is 16.4 Å². The Morgan fingerprint density at radius 1 is 0.964 bits per heavy atom. The Kier molecular flexibility index (Phi) is 3.79. The van der Waals surface area contributed by atoms with Gasteiger partial charge in [-0.2, -0.15) is 5.10 Å². The quantitative estimate of drug-likeness (QED) is 0.378. The summed E-state index contributed by atoms with van der Waals surface area (Å²) in [6.45, 7) is 0.338. The largest absolute Gasteiger partial charge is 0.473 e. The van der Waals surface area contributed by atoms with Crippen molar-refractivity contribution in [2.45, 2.75) is 6.61 Å². The zero-order valence-electron chi connectivity index (χ0n) is 14.7. The monoisotopic (exact) mass is 372 g/mol. The highest BCUT2D eigenvalue weighted by molar-refractivity contribution is 5.91. The van der Waals surface area contributed by atoms with Gasteiger partial charge >= 0.3 is 0 Å². The number of rotatable bonds is 5. The van der Waals surface area contributed by atoms with Crippen molar-refractivity contribution in [3.05, 3.63) is 76.7 Å². The van der Waals surface area contributed by atoms with E-state index in [1.807, 2.05) is 48.5 Å². The van der Waals surface area contributed by atoms with E-state index in [1.54, 1.807) is 12.3 Å². The normalized spacial score (nSPS) is 11.1. The molecule has 4 N–H and O–H groups in total. The molecule has 138 valence electrons. The van der Waals surface area contributed by atoms with Crippen LogP contribution in [0.3, 0.4) is 0 Å². The average Bonchev–Trinajstić information content (AvgIpc) is 3.30. The second-order valence-corrected chi connectivity index (χ2v) is 6.37. The molecule has 0 radical (unpaired) electrons. The maximum absolute atomic E-state index is 11.6. The molecule has 0 unspecified atom stereocenters. The summed E-state index contributed by atoms with van der Waals surface area (Å²) in [6, 6.07) is 17.1. The van der Waals surface area contributed by atoms with Crippen LogP contribution in [0.25, 0.3) is 21.8 Å². The first-order valence-corrected chi connectivity index (χ1v) is 8.74. The van der Waals surface area contributed by atoms with Crippen molar-refractivity contribution < 1.29 is 4.74 Å². The van der Waals surface area contributed by atoms with E-state index in [0.29, 0.717) is 17.9 Å². The number of hydrogen-bond donors (Lipinski definition) is 4. The number of nitrogens with one attached hydrogen (secondary N) is 4. The van der Waals surface area contributed by atoms with Gasteiger partial charge < -0.3 is 10.1 Å². The maximum atomic E-state index is 11.6. The SMILES string of the molecule is O=c1[nH][nH]c2cc(COc3cc(Nc4n[nH]c5ccccc45)ccn3)ccc12. The van der Waals surface area contributed by atoms with Crippen LogP contribution < -0.4 is 15.6 Å². The van der Waals surface area contributed by atoms with Gasteiger partial charge in [-0.3, -0.25) is 20.1 Å². The summed E-state index contributed by atoms with van der Waals surface area (Å²) in [4.78, 5) is 15.8. The topological polar surface area (TPSA) is 111 Å². The van der Waals surface area contributed by atoms with Crippen molar-refractivity contribution in [1.29, 1.82) is 0 Å². The van der Waals surface area contributed by atoms with E-state index in [1.165, 1.54) is 0 Å². The highest BCUT2D eigenvalue weighted by Gasteiger charge is 2.07. The van der Waals surface area contributed by atoms with Gasteiger partial charge in [0, 0.05) is 23.3 Å². The summed E-state index contributed by atoms with van der Waals surface area (Å²) >= 11 is 0. The van der Waals surface area contributed by atoms with E-state index >= 15 is 0 Å². The molecule has 2 aromatic carbocycles. The first-order chi connectivity index (χ1) is 13.8. The molecule has 5 aromatic rings. The predicted octanol–water partition coefficient (Wildman–Crippen LogP) is 3.45. The Hall–Kier alpha value is -4.07. The summed E-state index contributed by atoms with van der Waals surface area (Å²) in [6.07, 6.45) is 1.68. The first-order valence-electron chi connectivity index (χ1n) is 8.74. The van der Waals surface area contributed by atoms with Crippen LogP contribution in [-0.2, 0) is 6.61 Å². The Bertz CT molecular complexity index is 1330. The number of para-hydroxylation sites is 1. The lowest BCUT2D eigenvalue weighted by atomic mass is 10.2. The fourth-order valence-electron chi connectivity index (χ4n) is 3.09. The molecule has 0 atom stereocenters. The molecular weight excluding hydrogens is 356 g/mol. The molecule has 8 nitrogen and oxygen atoms in total. The van der Waals surface area contributed by atoms with Crippen molar-refractivity contribution >= 4 is 33.3 Å². The van der Waals surface area contributed by atoms with Crippen molar-refractivity contribution in [2.75, 3.05) is 5.32 Å².